The molecular weight excluding hydrogens is 699 g/mol. The molecule has 258 valence electrons. The fourth-order valence-corrected chi connectivity index (χ4v) is 7.52. The third-order valence-electron chi connectivity index (χ3n) is 9.40. The molecule has 2 atom stereocenters. The van der Waals surface area contributed by atoms with Crippen molar-refractivity contribution in [2.45, 2.75) is 55.6 Å². The van der Waals surface area contributed by atoms with Crippen molar-refractivity contribution in [2.75, 3.05) is 22.9 Å². The van der Waals surface area contributed by atoms with Crippen molar-refractivity contribution < 1.29 is 18.6 Å². The van der Waals surface area contributed by atoms with Crippen LogP contribution in [0.5, 0.6) is 0 Å². The number of carbonyl (C=O) groups is 3. The van der Waals surface area contributed by atoms with Gasteiger partial charge in [-0.05, 0) is 74.1 Å². The number of aromatic nitrogens is 3. The van der Waals surface area contributed by atoms with Gasteiger partial charge in [-0.3, -0.25) is 28.9 Å². The zero-order chi connectivity index (χ0) is 35.4. The summed E-state index contributed by atoms with van der Waals surface area (Å²) in [6.07, 6.45) is 8.80. The third-order valence-corrected chi connectivity index (χ3v) is 10.4. The molecule has 50 heavy (non-hydrogen) atoms. The maximum Gasteiger partial charge on any atom is 0.270 e. The molecule has 4 aromatic rings. The summed E-state index contributed by atoms with van der Waals surface area (Å²) < 4.78 is 16.2. The zero-order valence-electron chi connectivity index (χ0n) is 27.5. The van der Waals surface area contributed by atoms with Gasteiger partial charge in [0, 0.05) is 47.9 Å². The van der Waals surface area contributed by atoms with Crippen LogP contribution in [0.3, 0.4) is 0 Å². The van der Waals surface area contributed by atoms with Gasteiger partial charge in [0.1, 0.15) is 27.8 Å². The summed E-state index contributed by atoms with van der Waals surface area (Å²) in [7, 11) is 0.431. The first kappa shape index (κ1) is 33.9. The molecular formula is C35H34Cl2N8O4S. The molecule has 0 spiro atoms. The van der Waals surface area contributed by atoms with E-state index >= 15 is 0 Å². The van der Waals surface area contributed by atoms with Crippen LogP contribution in [-0.2, 0) is 38.1 Å². The molecule has 2 saturated carbocycles. The van der Waals surface area contributed by atoms with Crippen LogP contribution in [0.4, 0.5) is 17.3 Å². The smallest absolute Gasteiger partial charge is 0.270 e. The molecule has 3 amide bonds. The summed E-state index contributed by atoms with van der Waals surface area (Å²) in [6, 6.07) is 16.0. The average molecular weight is 734 g/mol. The number of amides is 3. The van der Waals surface area contributed by atoms with E-state index in [9.17, 15) is 18.6 Å². The number of anilines is 3. The lowest BCUT2D eigenvalue weighted by Gasteiger charge is -2.27. The predicted molar refractivity (Wildman–Crippen MR) is 194 cm³/mol. The van der Waals surface area contributed by atoms with E-state index in [0.717, 1.165) is 11.1 Å². The van der Waals surface area contributed by atoms with E-state index in [-0.39, 0.29) is 29.9 Å². The summed E-state index contributed by atoms with van der Waals surface area (Å²) in [5.74, 6) is -0.934. The highest BCUT2D eigenvalue weighted by Crippen LogP contribution is 2.48. The average Bonchev–Trinajstić information content (AvgIpc) is 3.97. The van der Waals surface area contributed by atoms with Crippen LogP contribution in [0.2, 0.25) is 10.0 Å². The van der Waals surface area contributed by atoms with Gasteiger partial charge in [0.15, 0.2) is 0 Å². The number of halogens is 2. The highest BCUT2D eigenvalue weighted by Gasteiger charge is 2.57. The van der Waals surface area contributed by atoms with Crippen molar-refractivity contribution >= 4 is 75.4 Å². The molecule has 2 aromatic carbocycles. The first-order chi connectivity index (χ1) is 23.9. The first-order valence-corrected chi connectivity index (χ1v) is 18.3. The number of pyridine rings is 1. The summed E-state index contributed by atoms with van der Waals surface area (Å²) in [6.45, 7) is 1.77. The summed E-state index contributed by atoms with van der Waals surface area (Å²) in [5, 5.41) is 6.80. The SMILES string of the molecule is CN=Cc1ccc(C[C@]2(C)C(=O)N(c3cc(Cl)cc(Cl)c3)c3ncc(C(=O)NC4(C(=O)NC5(c6cc(NS(C)=O)ccn6)CC5)CC4)n32)cc1. The number of nitrogens with zero attached hydrogens (tertiary/aromatic N) is 5. The van der Waals surface area contributed by atoms with Gasteiger partial charge in [-0.25, -0.2) is 14.1 Å². The summed E-state index contributed by atoms with van der Waals surface area (Å²) in [5.41, 5.74) is 0.522. The molecule has 7 rings (SSSR count). The number of carbonyl (C=O) groups excluding carboxylic acids is 3. The Morgan fingerprint density at radius 3 is 2.32 bits per heavy atom. The minimum Gasteiger partial charge on any atom is -0.343 e. The Labute approximate surface area is 301 Å². The van der Waals surface area contributed by atoms with E-state index in [4.69, 9.17) is 23.2 Å². The maximum absolute atomic E-state index is 14.4. The summed E-state index contributed by atoms with van der Waals surface area (Å²) >= 11 is 12.7. The largest absolute Gasteiger partial charge is 0.343 e. The van der Waals surface area contributed by atoms with Gasteiger partial charge in [-0.2, -0.15) is 0 Å². The number of imidazole rings is 1. The van der Waals surface area contributed by atoms with Crippen LogP contribution in [0.1, 0.15) is 59.9 Å². The van der Waals surface area contributed by atoms with Gasteiger partial charge < -0.3 is 15.4 Å². The second-order valence-corrected chi connectivity index (χ2v) is 15.2. The predicted octanol–water partition coefficient (Wildman–Crippen LogP) is 5.04. The Morgan fingerprint density at radius 1 is 1.00 bits per heavy atom. The molecule has 12 nitrogen and oxygen atoms in total. The Kier molecular flexibility index (Phi) is 8.56. The molecule has 2 aliphatic carbocycles. The Bertz CT molecular complexity index is 2070. The van der Waals surface area contributed by atoms with Crippen molar-refractivity contribution in [3.05, 3.63) is 99.6 Å². The van der Waals surface area contributed by atoms with Crippen LogP contribution in [0, 0.1) is 0 Å². The summed E-state index contributed by atoms with van der Waals surface area (Å²) in [4.78, 5) is 56.9. The van der Waals surface area contributed by atoms with Crippen molar-refractivity contribution in [2.24, 2.45) is 4.99 Å². The number of hydrogen-bond donors (Lipinski definition) is 3. The topological polar surface area (TPSA) is 151 Å². The second kappa shape index (κ2) is 12.6. The molecule has 3 aliphatic rings. The van der Waals surface area contributed by atoms with Crippen molar-refractivity contribution in [1.29, 1.82) is 0 Å². The monoisotopic (exact) mass is 732 g/mol. The standard InChI is InChI=1S/C35H34Cl2N8O4S/c1-33(18-21-4-6-22(7-5-21)19-38-2)31(48)44(26-15-23(36)14-24(37)16-26)32-40-20-27(45(32)33)29(46)41-35(11-12-35)30(47)42-34(9-10-34)28-17-25(8-13-39-28)43-50(3)49/h4-8,13-17,19-20H,9-12,18H2,1-3H3,(H,39,43)(H,41,46)(H,42,47)/t33-,50?/m1/s1. The number of benzene rings is 2. The van der Waals surface area contributed by atoms with Crippen LogP contribution in [-0.4, -0.2) is 61.5 Å². The Morgan fingerprint density at radius 2 is 1.70 bits per heavy atom. The quantitative estimate of drug-likeness (QED) is 0.184. The molecule has 2 aromatic heterocycles. The molecule has 3 N–H and O–H groups in total. The normalized spacial score (nSPS) is 20.3. The van der Waals surface area contributed by atoms with Crippen LogP contribution < -0.4 is 20.3 Å². The molecule has 15 heteroatoms. The van der Waals surface area contributed by atoms with Gasteiger partial charge in [-0.1, -0.05) is 47.5 Å². The Balaban J connectivity index is 1.18. The highest BCUT2D eigenvalue weighted by molar-refractivity contribution is 7.85. The number of aliphatic imine (C=N–C) groups is 1. The van der Waals surface area contributed by atoms with Crippen LogP contribution in [0.25, 0.3) is 0 Å². The molecule has 2 fully saturated rings. The van der Waals surface area contributed by atoms with E-state index in [0.29, 0.717) is 52.8 Å². The van der Waals surface area contributed by atoms with E-state index in [1.807, 2.05) is 24.3 Å². The third kappa shape index (κ3) is 6.18. The number of rotatable bonds is 11. The molecule has 0 radical (unpaired) electrons. The fourth-order valence-electron chi connectivity index (χ4n) is 6.54. The minimum absolute atomic E-state index is 0.134. The van der Waals surface area contributed by atoms with Crippen molar-refractivity contribution in [1.82, 2.24) is 25.2 Å². The van der Waals surface area contributed by atoms with E-state index in [1.54, 1.807) is 61.3 Å². The molecule has 0 saturated heterocycles. The zero-order valence-corrected chi connectivity index (χ0v) is 29.8. The second-order valence-electron chi connectivity index (χ2n) is 13.2. The molecule has 1 aliphatic heterocycles. The van der Waals surface area contributed by atoms with E-state index in [2.05, 4.69) is 30.3 Å². The molecule has 1 unspecified atom stereocenters. The van der Waals surface area contributed by atoms with Gasteiger partial charge in [0.05, 0.1) is 23.1 Å². The fraction of sp³-hybridized carbons (Fsp3) is 0.314. The maximum atomic E-state index is 14.4. The van der Waals surface area contributed by atoms with Crippen molar-refractivity contribution in [3.63, 3.8) is 0 Å². The van der Waals surface area contributed by atoms with E-state index < -0.39 is 33.5 Å². The number of fused-ring (bicyclic) bond motifs is 1. The Hall–Kier alpha value is -4.59. The van der Waals surface area contributed by atoms with Gasteiger partial charge in [-0.15, -0.1) is 0 Å². The van der Waals surface area contributed by atoms with E-state index in [1.165, 1.54) is 17.4 Å². The number of nitrogens with one attached hydrogen (secondary N) is 3. The molecule has 0 bridgehead atoms. The van der Waals surface area contributed by atoms with Crippen LogP contribution in [0.15, 0.2) is 72.0 Å². The minimum atomic E-state index is -1.28. The first-order valence-electron chi connectivity index (χ1n) is 16.0. The highest BCUT2D eigenvalue weighted by atomic mass is 35.5. The van der Waals surface area contributed by atoms with Gasteiger partial charge >= 0.3 is 0 Å². The van der Waals surface area contributed by atoms with Gasteiger partial charge in [0.25, 0.3) is 11.8 Å². The number of hydrogen-bond acceptors (Lipinski definition) is 7. The van der Waals surface area contributed by atoms with Gasteiger partial charge in [0.2, 0.25) is 11.9 Å². The van der Waals surface area contributed by atoms with Crippen molar-refractivity contribution in [3.8, 4) is 0 Å². The van der Waals surface area contributed by atoms with Crippen LogP contribution >= 0.6 is 23.2 Å². The lowest BCUT2D eigenvalue weighted by Crippen LogP contribution is -2.52. The lowest BCUT2D eigenvalue weighted by molar-refractivity contribution is -0.125. The molecule has 3 heterocycles. The lowest BCUT2D eigenvalue weighted by atomic mass is 9.91.